The Morgan fingerprint density at radius 2 is 0.859 bits per heavy atom. The van der Waals surface area contributed by atoms with Crippen LogP contribution in [0.2, 0.25) is 0 Å². The number of nitrogens with zero attached hydrogens (tertiary/aromatic N) is 5. The van der Waals surface area contributed by atoms with E-state index in [0.717, 1.165) is 51.6 Å². The van der Waals surface area contributed by atoms with Crippen LogP contribution >= 0.6 is 0 Å². The van der Waals surface area contributed by atoms with Gasteiger partial charge in [0.2, 0.25) is 5.69 Å². The molecule has 0 spiro atoms. The van der Waals surface area contributed by atoms with E-state index in [0.29, 0.717) is 0 Å². The van der Waals surface area contributed by atoms with Gasteiger partial charge in [-0.1, -0.05) is 66.7 Å². The average Bonchev–Trinajstić information content (AvgIpc) is 3.79. The Bertz CT molecular complexity index is 2590. The number of fused-ring (bicyclic) bond motifs is 3. The number of pyridine rings is 5. The molecule has 0 saturated carbocycles. The first-order chi connectivity index (χ1) is 33.8. The summed E-state index contributed by atoms with van der Waals surface area (Å²) in [5.41, 5.74) is 13.5. The number of carbonyl (C=O) groups excluding carboxylic acids is 1. The van der Waals surface area contributed by atoms with Gasteiger partial charge in [-0.2, -0.15) is 4.57 Å². The van der Waals surface area contributed by atoms with E-state index in [2.05, 4.69) is 98.3 Å². The average molecular weight is 1280 g/mol. The van der Waals surface area contributed by atoms with Gasteiger partial charge in [0.25, 0.3) is 0 Å². The number of hydrogen-bond acceptors (Lipinski definition) is 6. The number of allylic oxidation sites excluding steroid dienone is 2. The molecule has 0 aliphatic carbocycles. The predicted octanol–water partition coefficient (Wildman–Crippen LogP) is 13.5. The van der Waals surface area contributed by atoms with Crippen molar-refractivity contribution in [1.82, 2.24) is 19.9 Å². The molecule has 0 unspecified atom stereocenters. The standard InChI is InChI=1S/C13H12N.4C11H8N.C5H8O2.2Ir/c1-10-6-7-14-9-11-4-2-3-5-12(11)13(14)8-10;4*1-2-6-10(7-3-1)11-8-4-5-9-12-11;1-4(6)3-5(2)7;;/h2-8H,9H2,1H3;4*1-6,8-9H;3,6H,1-2H3;;/q+1;4*-1;;;+3. The second kappa shape index (κ2) is 31.5. The number of aryl methyl sites for hydroxylation is 1. The molecule has 1 aliphatic rings. The van der Waals surface area contributed by atoms with E-state index in [4.69, 9.17) is 5.11 Å². The van der Waals surface area contributed by atoms with Crippen molar-refractivity contribution in [3.8, 4) is 56.3 Å². The molecule has 71 heavy (non-hydrogen) atoms. The molecule has 0 saturated heterocycles. The fourth-order valence-electron chi connectivity index (χ4n) is 6.69. The monoisotopic (exact) mass is 1280 g/mol. The zero-order valence-electron chi connectivity index (χ0n) is 39.6. The first kappa shape index (κ1) is 56.0. The smallest absolute Gasteiger partial charge is 0.512 e. The number of carbonyl (C=O) groups is 1. The van der Waals surface area contributed by atoms with Crippen LogP contribution in [-0.2, 0) is 51.6 Å². The third kappa shape index (κ3) is 19.3. The summed E-state index contributed by atoms with van der Waals surface area (Å²) in [6, 6.07) is 80.3. The van der Waals surface area contributed by atoms with Gasteiger partial charge in [0.15, 0.2) is 18.5 Å². The minimum Gasteiger partial charge on any atom is -0.512 e. The molecule has 1 N–H and O–H groups in total. The van der Waals surface area contributed by atoms with Crippen LogP contribution in [0.4, 0.5) is 0 Å². The van der Waals surface area contributed by atoms with Crippen molar-refractivity contribution < 1.29 is 54.7 Å². The minimum atomic E-state index is -0.125. The van der Waals surface area contributed by atoms with E-state index < -0.39 is 0 Å². The van der Waals surface area contributed by atoms with Crippen LogP contribution in [0.15, 0.2) is 249 Å². The van der Waals surface area contributed by atoms with Crippen LogP contribution < -0.4 is 4.57 Å². The van der Waals surface area contributed by atoms with Gasteiger partial charge >= 0.3 is 20.1 Å². The van der Waals surface area contributed by atoms with Gasteiger partial charge in [-0.15, -0.1) is 144 Å². The fourth-order valence-corrected chi connectivity index (χ4v) is 6.69. The number of benzene rings is 5. The Morgan fingerprint density at radius 3 is 1.15 bits per heavy atom. The third-order valence-electron chi connectivity index (χ3n) is 9.84. The van der Waals surface area contributed by atoms with Gasteiger partial charge in [-0.05, 0) is 79.4 Å². The molecule has 9 heteroatoms. The number of aliphatic hydroxyl groups is 1. The van der Waals surface area contributed by atoms with Crippen molar-refractivity contribution in [2.24, 2.45) is 0 Å². The SMILES string of the molecule is CC(=O)C=C(C)O.Cc1cc[n+]2c(c1)-c1ccccc1C2.[Ir+3].[Ir].[c-]1ccccc1-c1ccccn1.[c-]1ccccc1-c1ccccn1.[c-]1ccccc1-c1ccccn1.[c-]1ccccc1-c1ccccn1. The van der Waals surface area contributed by atoms with E-state index >= 15 is 0 Å². The molecule has 1 radical (unpaired) electrons. The van der Waals surface area contributed by atoms with Crippen LogP contribution in [0.1, 0.15) is 25.0 Å². The predicted molar refractivity (Wildman–Crippen MR) is 277 cm³/mol. The quantitative estimate of drug-likeness (QED) is 0.0799. The van der Waals surface area contributed by atoms with Crippen molar-refractivity contribution in [3.63, 3.8) is 0 Å². The Kier molecular flexibility index (Phi) is 24.8. The van der Waals surface area contributed by atoms with Crippen LogP contribution in [-0.4, -0.2) is 30.8 Å². The largest absolute Gasteiger partial charge is 3.00 e. The Balaban J connectivity index is 0.000000186. The maximum Gasteiger partial charge on any atom is 3.00 e. The molecular weight excluding hydrogens is 1230 g/mol. The zero-order chi connectivity index (χ0) is 48.3. The van der Waals surface area contributed by atoms with E-state index in [9.17, 15) is 4.79 Å². The van der Waals surface area contributed by atoms with Gasteiger partial charge in [0, 0.05) is 68.7 Å². The maximum absolute atomic E-state index is 10.0. The normalized spacial score (nSPS) is 10.1. The van der Waals surface area contributed by atoms with Gasteiger partial charge in [0.05, 0.1) is 11.3 Å². The molecule has 0 fully saturated rings. The molecule has 6 heterocycles. The Labute approximate surface area is 445 Å². The van der Waals surface area contributed by atoms with Crippen molar-refractivity contribution in [2.75, 3.05) is 0 Å². The molecule has 5 aromatic heterocycles. The van der Waals surface area contributed by atoms with Crippen LogP contribution in [0.25, 0.3) is 56.3 Å². The van der Waals surface area contributed by atoms with E-state index in [1.807, 2.05) is 170 Å². The molecule has 0 atom stereocenters. The van der Waals surface area contributed by atoms with Crippen molar-refractivity contribution in [1.29, 1.82) is 0 Å². The van der Waals surface area contributed by atoms with Crippen molar-refractivity contribution in [2.45, 2.75) is 27.3 Å². The number of aliphatic hydroxyl groups excluding tert-OH is 1. The topological polar surface area (TPSA) is 92.7 Å². The molecule has 0 amide bonds. The molecule has 0 bridgehead atoms. The summed E-state index contributed by atoms with van der Waals surface area (Å²) < 4.78 is 2.30. The summed E-state index contributed by atoms with van der Waals surface area (Å²) in [4.78, 5) is 26.9. The summed E-state index contributed by atoms with van der Waals surface area (Å²) in [5.74, 6) is -0.0625. The fraction of sp³-hybridized carbons (Fsp3) is 0.0645. The summed E-state index contributed by atoms with van der Waals surface area (Å²) in [6.45, 7) is 6.01. The van der Waals surface area contributed by atoms with Crippen LogP contribution in [0.3, 0.4) is 0 Å². The summed E-state index contributed by atoms with van der Waals surface area (Å²) >= 11 is 0. The molecule has 10 aromatic rings. The molecule has 5 aromatic carbocycles. The third-order valence-corrected chi connectivity index (χ3v) is 9.84. The molecule has 7 nitrogen and oxygen atoms in total. The van der Waals surface area contributed by atoms with Gasteiger partial charge in [-0.25, -0.2) is 0 Å². The number of ketones is 1. The Hall–Kier alpha value is -7.64. The first-order valence-electron chi connectivity index (χ1n) is 22.3. The van der Waals surface area contributed by atoms with Crippen LogP contribution in [0, 0.1) is 31.2 Å². The molecule has 355 valence electrons. The van der Waals surface area contributed by atoms with Gasteiger partial charge < -0.3 is 25.0 Å². The van der Waals surface area contributed by atoms with E-state index in [-0.39, 0.29) is 51.8 Å². The minimum absolute atomic E-state index is 0. The molecule has 11 rings (SSSR count). The van der Waals surface area contributed by atoms with E-state index in [1.54, 1.807) is 24.8 Å². The summed E-state index contributed by atoms with van der Waals surface area (Å²) in [5, 5.41) is 8.36. The van der Waals surface area contributed by atoms with Crippen LogP contribution in [0.5, 0.6) is 0 Å². The zero-order valence-corrected chi connectivity index (χ0v) is 44.3. The van der Waals surface area contributed by atoms with Crippen molar-refractivity contribution in [3.05, 3.63) is 284 Å². The molecule has 1 aliphatic heterocycles. The van der Waals surface area contributed by atoms with Gasteiger partial charge in [0.1, 0.15) is 0 Å². The number of aromatic nitrogens is 5. The summed E-state index contributed by atoms with van der Waals surface area (Å²) in [7, 11) is 0. The first-order valence-corrected chi connectivity index (χ1v) is 22.3. The second-order valence-corrected chi connectivity index (χ2v) is 15.2. The maximum atomic E-state index is 10.0. The second-order valence-electron chi connectivity index (χ2n) is 15.2. The van der Waals surface area contributed by atoms with E-state index in [1.165, 1.54) is 42.3 Å². The number of hydrogen-bond donors (Lipinski definition) is 1. The van der Waals surface area contributed by atoms with Crippen molar-refractivity contribution >= 4 is 5.78 Å². The van der Waals surface area contributed by atoms with Gasteiger partial charge in [-0.3, -0.25) is 4.79 Å². The Morgan fingerprint density at radius 1 is 0.507 bits per heavy atom. The number of rotatable bonds is 5. The summed E-state index contributed by atoms with van der Waals surface area (Å²) in [6.07, 6.45) is 10.5. The molecular formula is C62H52Ir2N5O2.